The van der Waals surface area contributed by atoms with Crippen molar-refractivity contribution in [1.29, 1.82) is 0 Å². The van der Waals surface area contributed by atoms with Gasteiger partial charge in [-0.25, -0.2) is 0 Å². The highest BCUT2D eigenvalue weighted by molar-refractivity contribution is 5.18. The molecule has 2 rings (SSSR count). The molecule has 0 unspecified atom stereocenters. The predicted octanol–water partition coefficient (Wildman–Crippen LogP) is 2.76. The summed E-state index contributed by atoms with van der Waals surface area (Å²) in [4.78, 5) is 4.14. The number of anilines is 1. The Morgan fingerprint density at radius 3 is 2.67 bits per heavy atom. The molecule has 1 fully saturated rings. The molecule has 1 N–H and O–H groups in total. The minimum Gasteiger partial charge on any atom is -0.337 e. The first kappa shape index (κ1) is 10.5. The van der Waals surface area contributed by atoms with E-state index in [9.17, 15) is 0 Å². The fourth-order valence-electron chi connectivity index (χ4n) is 2.24. The van der Waals surface area contributed by atoms with Gasteiger partial charge in [0.15, 0.2) is 5.82 Å². The maximum atomic E-state index is 5.03. The van der Waals surface area contributed by atoms with Gasteiger partial charge in [0.1, 0.15) is 0 Å². The summed E-state index contributed by atoms with van der Waals surface area (Å²) >= 11 is 0. The molecule has 0 atom stereocenters. The summed E-state index contributed by atoms with van der Waals surface area (Å²) < 4.78 is 5.03. The SMILES string of the molecule is Cc1noc(NCC2(C)CCCCC2)n1. The molecule has 0 amide bonds. The third-order valence-corrected chi connectivity index (χ3v) is 3.25. The van der Waals surface area contributed by atoms with E-state index in [2.05, 4.69) is 22.4 Å². The molecule has 0 radical (unpaired) electrons. The van der Waals surface area contributed by atoms with Crippen LogP contribution in [0.2, 0.25) is 0 Å². The van der Waals surface area contributed by atoms with Crippen LogP contribution in [-0.2, 0) is 0 Å². The van der Waals surface area contributed by atoms with Gasteiger partial charge in [0.05, 0.1) is 0 Å². The molecule has 1 saturated carbocycles. The summed E-state index contributed by atoms with van der Waals surface area (Å²) in [5, 5.41) is 6.99. The second kappa shape index (κ2) is 4.21. The van der Waals surface area contributed by atoms with Crippen molar-refractivity contribution in [2.24, 2.45) is 5.41 Å². The van der Waals surface area contributed by atoms with E-state index in [1.807, 2.05) is 6.92 Å². The zero-order valence-electron chi connectivity index (χ0n) is 9.55. The molecule has 15 heavy (non-hydrogen) atoms. The lowest BCUT2D eigenvalue weighted by molar-refractivity contribution is 0.231. The van der Waals surface area contributed by atoms with Crippen LogP contribution in [0.15, 0.2) is 4.52 Å². The van der Waals surface area contributed by atoms with E-state index in [0.717, 1.165) is 6.54 Å². The topological polar surface area (TPSA) is 51.0 Å². The first-order valence-electron chi connectivity index (χ1n) is 5.72. The average molecular weight is 209 g/mol. The van der Waals surface area contributed by atoms with Crippen molar-refractivity contribution in [1.82, 2.24) is 10.1 Å². The second-order valence-corrected chi connectivity index (χ2v) is 4.87. The van der Waals surface area contributed by atoms with E-state index in [1.54, 1.807) is 0 Å². The van der Waals surface area contributed by atoms with Crippen molar-refractivity contribution < 1.29 is 4.52 Å². The van der Waals surface area contributed by atoms with E-state index >= 15 is 0 Å². The lowest BCUT2D eigenvalue weighted by Gasteiger charge is -2.33. The van der Waals surface area contributed by atoms with Crippen LogP contribution in [0.1, 0.15) is 44.9 Å². The fraction of sp³-hybridized carbons (Fsp3) is 0.818. The van der Waals surface area contributed by atoms with Crippen LogP contribution < -0.4 is 5.32 Å². The Morgan fingerprint density at radius 2 is 2.07 bits per heavy atom. The lowest BCUT2D eigenvalue weighted by Crippen LogP contribution is -2.28. The third kappa shape index (κ3) is 2.70. The molecule has 1 aliphatic carbocycles. The molecular formula is C11H19N3O. The van der Waals surface area contributed by atoms with E-state index in [-0.39, 0.29) is 0 Å². The zero-order valence-corrected chi connectivity index (χ0v) is 9.55. The molecule has 4 heteroatoms. The Bertz CT molecular complexity index is 315. The van der Waals surface area contributed by atoms with E-state index < -0.39 is 0 Å². The quantitative estimate of drug-likeness (QED) is 0.831. The van der Waals surface area contributed by atoms with Crippen molar-refractivity contribution in [3.05, 3.63) is 5.82 Å². The normalized spacial score (nSPS) is 20.1. The van der Waals surface area contributed by atoms with Crippen molar-refractivity contribution >= 4 is 6.01 Å². The predicted molar refractivity (Wildman–Crippen MR) is 58.7 cm³/mol. The van der Waals surface area contributed by atoms with Crippen molar-refractivity contribution in [2.75, 3.05) is 11.9 Å². The standard InChI is InChI=1S/C11H19N3O/c1-9-13-10(15-14-9)12-8-11(2)6-4-3-5-7-11/h3-8H2,1-2H3,(H,12,13,14). The van der Waals surface area contributed by atoms with Gasteiger partial charge in [-0.3, -0.25) is 0 Å². The minimum absolute atomic E-state index is 0.403. The molecule has 0 aliphatic heterocycles. The zero-order chi connectivity index (χ0) is 10.7. The third-order valence-electron chi connectivity index (χ3n) is 3.25. The average Bonchev–Trinajstić information content (AvgIpc) is 2.63. The molecule has 1 aromatic rings. The molecule has 1 aromatic heterocycles. The van der Waals surface area contributed by atoms with E-state index in [0.29, 0.717) is 17.3 Å². The molecule has 0 bridgehead atoms. The largest absolute Gasteiger partial charge is 0.337 e. The van der Waals surface area contributed by atoms with Gasteiger partial charge in [-0.1, -0.05) is 31.3 Å². The fourth-order valence-corrected chi connectivity index (χ4v) is 2.24. The van der Waals surface area contributed by atoms with Gasteiger partial charge < -0.3 is 9.84 Å². The summed E-state index contributed by atoms with van der Waals surface area (Å²) in [5.41, 5.74) is 0.403. The molecule has 4 nitrogen and oxygen atoms in total. The Hall–Kier alpha value is -1.06. The van der Waals surface area contributed by atoms with Gasteiger partial charge in [0, 0.05) is 6.54 Å². The number of hydrogen-bond donors (Lipinski definition) is 1. The number of aryl methyl sites for hydroxylation is 1. The highest BCUT2D eigenvalue weighted by Gasteiger charge is 2.26. The van der Waals surface area contributed by atoms with Crippen LogP contribution in [0.25, 0.3) is 0 Å². The molecule has 1 heterocycles. The van der Waals surface area contributed by atoms with Crippen LogP contribution in [0.3, 0.4) is 0 Å². The van der Waals surface area contributed by atoms with Gasteiger partial charge in [0.25, 0.3) is 0 Å². The highest BCUT2D eigenvalue weighted by atomic mass is 16.5. The first-order valence-corrected chi connectivity index (χ1v) is 5.72. The van der Waals surface area contributed by atoms with E-state index in [4.69, 9.17) is 4.52 Å². The maximum absolute atomic E-state index is 5.03. The second-order valence-electron chi connectivity index (χ2n) is 4.87. The molecule has 0 saturated heterocycles. The van der Waals surface area contributed by atoms with Crippen LogP contribution in [0.5, 0.6) is 0 Å². The van der Waals surface area contributed by atoms with Crippen LogP contribution in [0, 0.1) is 12.3 Å². The Kier molecular flexibility index (Phi) is 2.93. The van der Waals surface area contributed by atoms with Gasteiger partial charge in [-0.05, 0) is 25.2 Å². The first-order chi connectivity index (χ1) is 7.18. The lowest BCUT2D eigenvalue weighted by atomic mass is 9.76. The van der Waals surface area contributed by atoms with Gasteiger partial charge in [-0.2, -0.15) is 4.98 Å². The number of aromatic nitrogens is 2. The van der Waals surface area contributed by atoms with Crippen LogP contribution in [-0.4, -0.2) is 16.7 Å². The molecule has 1 aliphatic rings. The maximum Gasteiger partial charge on any atom is 0.321 e. The minimum atomic E-state index is 0.403. The van der Waals surface area contributed by atoms with Gasteiger partial charge in [-0.15, -0.1) is 0 Å². The molecule has 0 spiro atoms. The summed E-state index contributed by atoms with van der Waals surface area (Å²) in [5.74, 6) is 0.686. The molecule has 84 valence electrons. The number of nitrogens with zero attached hydrogens (tertiary/aromatic N) is 2. The van der Waals surface area contributed by atoms with E-state index in [1.165, 1.54) is 32.1 Å². The Labute approximate surface area is 90.4 Å². The van der Waals surface area contributed by atoms with Gasteiger partial charge >= 0.3 is 6.01 Å². The van der Waals surface area contributed by atoms with Crippen LogP contribution in [0.4, 0.5) is 6.01 Å². The summed E-state index contributed by atoms with van der Waals surface area (Å²) in [6.45, 7) is 5.11. The number of hydrogen-bond acceptors (Lipinski definition) is 4. The van der Waals surface area contributed by atoms with Crippen molar-refractivity contribution in [2.45, 2.75) is 46.0 Å². The summed E-state index contributed by atoms with van der Waals surface area (Å²) in [6.07, 6.45) is 6.68. The monoisotopic (exact) mass is 209 g/mol. The van der Waals surface area contributed by atoms with Gasteiger partial charge in [0.2, 0.25) is 0 Å². The number of rotatable bonds is 3. The highest BCUT2D eigenvalue weighted by Crippen LogP contribution is 2.35. The Morgan fingerprint density at radius 1 is 1.33 bits per heavy atom. The van der Waals surface area contributed by atoms with Crippen LogP contribution >= 0.6 is 0 Å². The van der Waals surface area contributed by atoms with Crippen molar-refractivity contribution in [3.63, 3.8) is 0 Å². The summed E-state index contributed by atoms with van der Waals surface area (Å²) in [6, 6.07) is 0.555. The Balaban J connectivity index is 1.86. The molecular weight excluding hydrogens is 190 g/mol. The molecule has 0 aromatic carbocycles. The summed E-state index contributed by atoms with van der Waals surface area (Å²) in [7, 11) is 0. The smallest absolute Gasteiger partial charge is 0.321 e. The van der Waals surface area contributed by atoms with Crippen molar-refractivity contribution in [3.8, 4) is 0 Å². The number of nitrogens with one attached hydrogen (secondary N) is 1.